The summed E-state index contributed by atoms with van der Waals surface area (Å²) in [5.41, 5.74) is 7.08. The van der Waals surface area contributed by atoms with E-state index in [0.717, 1.165) is 16.5 Å². The van der Waals surface area contributed by atoms with Crippen LogP contribution in [0.3, 0.4) is 0 Å². The number of nitrogen functional groups attached to an aromatic ring is 1. The number of nitrogens with zero attached hydrogens (tertiary/aromatic N) is 1. The fourth-order valence-corrected chi connectivity index (χ4v) is 4.08. The minimum absolute atomic E-state index is 0.125. The standard InChI is InChI=1S/C14H17FN2O2S2/c1-9-4-5-20-14(9)8-17(3)21(18,19)11-6-12(15)10(2)13(16)7-11/h4-7H,8,16H2,1-3H3. The minimum Gasteiger partial charge on any atom is -0.398 e. The van der Waals surface area contributed by atoms with Crippen LogP contribution in [0.4, 0.5) is 10.1 Å². The maximum atomic E-state index is 13.7. The molecule has 0 bridgehead atoms. The number of aryl methyl sites for hydroxylation is 1. The average molecular weight is 328 g/mol. The van der Waals surface area contributed by atoms with Gasteiger partial charge in [0.25, 0.3) is 0 Å². The highest BCUT2D eigenvalue weighted by molar-refractivity contribution is 7.89. The molecular formula is C14H17FN2O2S2. The number of thiophene rings is 1. The molecular weight excluding hydrogens is 311 g/mol. The lowest BCUT2D eigenvalue weighted by Crippen LogP contribution is -2.26. The minimum atomic E-state index is -3.77. The molecule has 2 rings (SSSR count). The summed E-state index contributed by atoms with van der Waals surface area (Å²) in [6, 6.07) is 4.24. The molecule has 0 aliphatic carbocycles. The summed E-state index contributed by atoms with van der Waals surface area (Å²) in [7, 11) is -2.30. The van der Waals surface area contributed by atoms with Crippen LogP contribution in [0.1, 0.15) is 16.0 Å². The molecule has 7 heteroatoms. The summed E-state index contributed by atoms with van der Waals surface area (Å²) in [6.07, 6.45) is 0. The predicted octanol–water partition coefficient (Wildman–Crippen LogP) is 2.91. The highest BCUT2D eigenvalue weighted by atomic mass is 32.2. The van der Waals surface area contributed by atoms with Crippen LogP contribution in [0.15, 0.2) is 28.5 Å². The molecule has 4 nitrogen and oxygen atoms in total. The third-order valence-electron chi connectivity index (χ3n) is 3.40. The zero-order chi connectivity index (χ0) is 15.8. The number of rotatable bonds is 4. The van der Waals surface area contributed by atoms with Gasteiger partial charge in [0.2, 0.25) is 10.0 Å². The van der Waals surface area contributed by atoms with Crippen LogP contribution < -0.4 is 5.73 Å². The number of nitrogens with two attached hydrogens (primary N) is 1. The van der Waals surface area contributed by atoms with E-state index in [0.29, 0.717) is 0 Å². The number of sulfonamides is 1. The monoisotopic (exact) mass is 328 g/mol. The molecule has 1 heterocycles. The van der Waals surface area contributed by atoms with E-state index in [1.807, 2.05) is 18.4 Å². The van der Waals surface area contributed by atoms with E-state index in [9.17, 15) is 12.8 Å². The van der Waals surface area contributed by atoms with Gasteiger partial charge in [-0.3, -0.25) is 0 Å². The largest absolute Gasteiger partial charge is 0.398 e. The van der Waals surface area contributed by atoms with Crippen molar-refractivity contribution < 1.29 is 12.8 Å². The Labute approximate surface area is 128 Å². The molecule has 0 atom stereocenters. The third kappa shape index (κ3) is 3.09. The molecule has 21 heavy (non-hydrogen) atoms. The van der Waals surface area contributed by atoms with Crippen LogP contribution in [0.5, 0.6) is 0 Å². The van der Waals surface area contributed by atoms with Crippen LogP contribution in [-0.4, -0.2) is 19.8 Å². The Bertz CT molecular complexity index is 746. The predicted molar refractivity (Wildman–Crippen MR) is 83.3 cm³/mol. The van der Waals surface area contributed by atoms with Crippen molar-refractivity contribution in [3.05, 3.63) is 45.4 Å². The molecule has 0 saturated carbocycles. The molecule has 0 saturated heterocycles. The molecule has 0 spiro atoms. The number of hydrogen-bond acceptors (Lipinski definition) is 4. The van der Waals surface area contributed by atoms with Gasteiger partial charge in [0, 0.05) is 29.7 Å². The Kier molecular flexibility index (Phi) is 4.36. The van der Waals surface area contributed by atoms with E-state index in [1.54, 1.807) is 0 Å². The van der Waals surface area contributed by atoms with E-state index in [4.69, 9.17) is 5.73 Å². The van der Waals surface area contributed by atoms with E-state index in [-0.39, 0.29) is 22.7 Å². The van der Waals surface area contributed by atoms with Crippen molar-refractivity contribution in [3.63, 3.8) is 0 Å². The number of benzene rings is 1. The summed E-state index contributed by atoms with van der Waals surface area (Å²) in [6.45, 7) is 3.69. The second-order valence-electron chi connectivity index (χ2n) is 4.91. The third-order valence-corrected chi connectivity index (χ3v) is 6.19. The molecule has 2 aromatic rings. The first kappa shape index (κ1) is 15.9. The lowest BCUT2D eigenvalue weighted by molar-refractivity contribution is 0.468. The fraction of sp³-hybridized carbons (Fsp3) is 0.286. The molecule has 0 fully saturated rings. The lowest BCUT2D eigenvalue weighted by Gasteiger charge is -2.18. The van der Waals surface area contributed by atoms with Gasteiger partial charge < -0.3 is 5.73 Å². The summed E-state index contributed by atoms with van der Waals surface area (Å²) in [4.78, 5) is 0.835. The van der Waals surface area contributed by atoms with Crippen LogP contribution in [0.25, 0.3) is 0 Å². The number of anilines is 1. The topological polar surface area (TPSA) is 63.4 Å². The first-order chi connectivity index (χ1) is 9.73. The van der Waals surface area contributed by atoms with Gasteiger partial charge in [-0.2, -0.15) is 4.31 Å². The first-order valence-corrected chi connectivity index (χ1v) is 8.60. The Morgan fingerprint density at radius 3 is 2.52 bits per heavy atom. The van der Waals surface area contributed by atoms with Crippen LogP contribution in [-0.2, 0) is 16.6 Å². The molecule has 1 aromatic carbocycles. The zero-order valence-electron chi connectivity index (χ0n) is 12.1. The molecule has 114 valence electrons. The van der Waals surface area contributed by atoms with Crippen molar-refractivity contribution in [2.45, 2.75) is 25.3 Å². The highest BCUT2D eigenvalue weighted by Crippen LogP contribution is 2.25. The Morgan fingerprint density at radius 1 is 1.33 bits per heavy atom. The van der Waals surface area contributed by atoms with Crippen LogP contribution in [0, 0.1) is 19.7 Å². The van der Waals surface area contributed by atoms with Gasteiger partial charge in [-0.25, -0.2) is 12.8 Å². The maximum Gasteiger partial charge on any atom is 0.243 e. The number of halogens is 1. The van der Waals surface area contributed by atoms with Crippen molar-refractivity contribution in [2.75, 3.05) is 12.8 Å². The van der Waals surface area contributed by atoms with Gasteiger partial charge in [-0.15, -0.1) is 11.3 Å². The van der Waals surface area contributed by atoms with Crippen molar-refractivity contribution in [2.24, 2.45) is 0 Å². The quantitative estimate of drug-likeness (QED) is 0.878. The summed E-state index contributed by atoms with van der Waals surface area (Å²) >= 11 is 1.49. The second-order valence-corrected chi connectivity index (χ2v) is 7.95. The van der Waals surface area contributed by atoms with Crippen molar-refractivity contribution in [3.8, 4) is 0 Å². The zero-order valence-corrected chi connectivity index (χ0v) is 13.7. The first-order valence-electron chi connectivity index (χ1n) is 6.28. The summed E-state index contributed by atoms with van der Waals surface area (Å²) in [5.74, 6) is -0.616. The van der Waals surface area contributed by atoms with Crippen molar-refractivity contribution in [1.82, 2.24) is 4.31 Å². The second kappa shape index (κ2) is 5.75. The molecule has 2 N–H and O–H groups in total. The highest BCUT2D eigenvalue weighted by Gasteiger charge is 2.23. The molecule has 0 radical (unpaired) electrons. The average Bonchev–Trinajstić information content (AvgIpc) is 2.80. The molecule has 0 aliphatic heterocycles. The summed E-state index contributed by atoms with van der Waals surface area (Å²) < 4.78 is 39.9. The molecule has 0 aliphatic rings. The van der Waals surface area contributed by atoms with Crippen LogP contribution >= 0.6 is 11.3 Å². The van der Waals surface area contributed by atoms with Crippen LogP contribution in [0.2, 0.25) is 0 Å². The Balaban J connectivity index is 2.35. The lowest BCUT2D eigenvalue weighted by atomic mass is 10.2. The summed E-state index contributed by atoms with van der Waals surface area (Å²) in [5, 5.41) is 1.91. The SMILES string of the molecule is Cc1ccsc1CN(C)S(=O)(=O)c1cc(N)c(C)c(F)c1. The van der Waals surface area contributed by atoms with Gasteiger partial charge >= 0.3 is 0 Å². The van der Waals surface area contributed by atoms with Crippen molar-refractivity contribution in [1.29, 1.82) is 0 Å². The van der Waals surface area contributed by atoms with E-state index < -0.39 is 15.8 Å². The van der Waals surface area contributed by atoms with Crippen molar-refractivity contribution >= 4 is 27.0 Å². The van der Waals surface area contributed by atoms with E-state index >= 15 is 0 Å². The van der Waals surface area contributed by atoms with Gasteiger partial charge in [0.05, 0.1) is 4.90 Å². The van der Waals surface area contributed by atoms with Gasteiger partial charge in [-0.05, 0) is 43.0 Å². The van der Waals surface area contributed by atoms with Gasteiger partial charge in [-0.1, -0.05) is 0 Å². The van der Waals surface area contributed by atoms with E-state index in [1.165, 1.54) is 35.7 Å². The van der Waals surface area contributed by atoms with Gasteiger partial charge in [0.15, 0.2) is 0 Å². The normalized spacial score (nSPS) is 12.0. The maximum absolute atomic E-state index is 13.7. The van der Waals surface area contributed by atoms with Gasteiger partial charge in [0.1, 0.15) is 5.82 Å². The molecule has 0 amide bonds. The Hall–Kier alpha value is -1.44. The Morgan fingerprint density at radius 2 is 2.00 bits per heavy atom. The fourth-order valence-electron chi connectivity index (χ4n) is 1.86. The van der Waals surface area contributed by atoms with E-state index in [2.05, 4.69) is 0 Å². The molecule has 0 unspecified atom stereocenters. The number of hydrogen-bond donors (Lipinski definition) is 1. The molecule has 1 aromatic heterocycles. The smallest absolute Gasteiger partial charge is 0.243 e.